The Morgan fingerprint density at radius 2 is 1.73 bits per heavy atom. The average Bonchev–Trinajstić information content (AvgIpc) is 3.01. The van der Waals surface area contributed by atoms with Gasteiger partial charge >= 0.3 is 6.18 Å². The van der Waals surface area contributed by atoms with Crippen LogP contribution in [0.1, 0.15) is 46.8 Å². The summed E-state index contributed by atoms with van der Waals surface area (Å²) in [6, 6.07) is 25.2. The van der Waals surface area contributed by atoms with Crippen LogP contribution in [0.3, 0.4) is 0 Å². The normalized spacial score (nSPS) is 23.2. The van der Waals surface area contributed by atoms with E-state index in [1.807, 2.05) is 65.4 Å². The zero-order chi connectivity index (χ0) is 29.5. The maximum atomic E-state index is 13.1. The molecule has 0 saturated carbocycles. The number of nitriles is 1. The van der Waals surface area contributed by atoms with Gasteiger partial charge in [-0.1, -0.05) is 48.5 Å². The van der Waals surface area contributed by atoms with Gasteiger partial charge in [-0.2, -0.15) is 23.0 Å². The minimum Gasteiger partial charge on any atom is -1.00 e. The van der Waals surface area contributed by atoms with Gasteiger partial charge in [-0.25, -0.2) is 0 Å². The van der Waals surface area contributed by atoms with Crippen molar-refractivity contribution in [3.05, 3.63) is 126 Å². The van der Waals surface area contributed by atoms with E-state index in [0.717, 1.165) is 65.7 Å². The van der Waals surface area contributed by atoms with E-state index in [2.05, 4.69) is 18.7 Å². The fourth-order valence-electron chi connectivity index (χ4n) is 7.40. The van der Waals surface area contributed by atoms with Gasteiger partial charge in [-0.3, -0.25) is 0 Å². The Morgan fingerprint density at radius 3 is 2.43 bits per heavy atom. The number of alkyl halides is 3. The van der Waals surface area contributed by atoms with Crippen molar-refractivity contribution in [1.29, 1.82) is 5.26 Å². The van der Waals surface area contributed by atoms with Crippen LogP contribution in [0.5, 0.6) is 0 Å². The van der Waals surface area contributed by atoms with Gasteiger partial charge in [0.25, 0.3) is 0 Å². The molecule has 4 heterocycles. The van der Waals surface area contributed by atoms with E-state index in [4.69, 9.17) is 0 Å². The molecule has 2 bridgehead atoms. The molecule has 44 heavy (non-hydrogen) atoms. The summed E-state index contributed by atoms with van der Waals surface area (Å²) in [6.45, 7) is 7.04. The SMILES string of the molecule is C=C[C@H]1C[N@+]2(Cc3ccccc3C#N)CC[C@H]1C[C@H]2[C@H](O)c1cc[n+](Cc2ccc(C(F)(F)F)cc2)c2ccccc12.[Br-].[Br-]. The topological polar surface area (TPSA) is 47.9 Å². The summed E-state index contributed by atoms with van der Waals surface area (Å²) in [7, 11) is 0. The van der Waals surface area contributed by atoms with Crippen molar-refractivity contribution in [3.63, 3.8) is 0 Å². The molecule has 0 aliphatic carbocycles. The summed E-state index contributed by atoms with van der Waals surface area (Å²) in [6.07, 6.45) is 0.846. The third-order valence-electron chi connectivity index (χ3n) is 9.57. The number of hydrogen-bond donors (Lipinski definition) is 1. The van der Waals surface area contributed by atoms with E-state index in [0.29, 0.717) is 35.0 Å². The highest BCUT2D eigenvalue weighted by atomic mass is 79.9. The van der Waals surface area contributed by atoms with Crippen molar-refractivity contribution >= 4 is 10.9 Å². The number of benzene rings is 3. The van der Waals surface area contributed by atoms with Crippen molar-refractivity contribution in [2.24, 2.45) is 11.8 Å². The summed E-state index contributed by atoms with van der Waals surface area (Å²) in [5, 5.41) is 22.9. The number of hydrogen-bond acceptors (Lipinski definition) is 2. The van der Waals surface area contributed by atoms with E-state index in [9.17, 15) is 23.5 Å². The number of fused-ring (bicyclic) bond motifs is 4. The number of pyridine rings is 1. The Balaban J connectivity index is 0.00000221. The lowest BCUT2D eigenvalue weighted by molar-refractivity contribution is -0.985. The lowest BCUT2D eigenvalue weighted by Gasteiger charge is -2.58. The van der Waals surface area contributed by atoms with Crippen LogP contribution >= 0.6 is 0 Å². The van der Waals surface area contributed by atoms with Crippen LogP contribution in [-0.2, 0) is 19.3 Å². The molecule has 3 saturated heterocycles. The quantitative estimate of drug-likeness (QED) is 0.174. The number of halogens is 5. The van der Waals surface area contributed by atoms with Crippen LogP contribution in [-0.4, -0.2) is 28.7 Å². The molecular weight excluding hydrogens is 695 g/mol. The van der Waals surface area contributed by atoms with Crippen molar-refractivity contribution in [2.75, 3.05) is 13.1 Å². The summed E-state index contributed by atoms with van der Waals surface area (Å²) in [5.74, 6) is 0.836. The zero-order valence-corrected chi connectivity index (χ0v) is 27.3. The first-order valence-electron chi connectivity index (χ1n) is 14.4. The van der Waals surface area contributed by atoms with Crippen molar-refractivity contribution < 1.29 is 61.3 Å². The number of aromatic nitrogens is 1. The van der Waals surface area contributed by atoms with Gasteiger partial charge in [-0.15, -0.1) is 6.58 Å². The standard InChI is InChI=1S/C35H34F3N3O.2BrH/c1-2-25-22-41(23-28-8-4-3-7-27(28)20-39)18-16-26(25)19-33(41)34(42)31-15-17-40(32-10-6-5-9-30(31)32)21-24-11-13-29(14-12-24)35(36,37)38;;/h2-15,17,25-26,33-34,42H,1,16,18-19,21-23H2;2*1H/q+2;;/p-2/t25-,26-,33-,34+,41-;;/m0../s1. The fraction of sp³-hybridized carbons (Fsp3) is 0.314. The van der Waals surface area contributed by atoms with Gasteiger partial charge in [0.05, 0.1) is 35.7 Å². The van der Waals surface area contributed by atoms with Gasteiger partial charge in [0.2, 0.25) is 5.52 Å². The first-order chi connectivity index (χ1) is 20.2. The van der Waals surface area contributed by atoms with Gasteiger partial charge in [0.15, 0.2) is 12.7 Å². The molecule has 3 fully saturated rings. The molecule has 3 aliphatic rings. The minimum atomic E-state index is -4.37. The highest BCUT2D eigenvalue weighted by molar-refractivity contribution is 5.79. The van der Waals surface area contributed by atoms with Crippen molar-refractivity contribution in [2.45, 2.75) is 44.3 Å². The molecule has 0 unspecified atom stereocenters. The number of rotatable bonds is 7. The van der Waals surface area contributed by atoms with Gasteiger partial charge in [-0.05, 0) is 30.2 Å². The molecule has 0 spiro atoms. The molecule has 230 valence electrons. The number of quaternary nitrogens is 1. The van der Waals surface area contributed by atoms with E-state index in [-0.39, 0.29) is 40.0 Å². The Kier molecular flexibility index (Phi) is 10.4. The number of piperidine rings is 3. The maximum absolute atomic E-state index is 13.1. The van der Waals surface area contributed by atoms with E-state index in [1.165, 1.54) is 12.1 Å². The zero-order valence-electron chi connectivity index (χ0n) is 24.1. The molecule has 3 aliphatic heterocycles. The fourth-order valence-corrected chi connectivity index (χ4v) is 7.40. The first kappa shape index (κ1) is 33.9. The van der Waals surface area contributed by atoms with Gasteiger partial charge in [0, 0.05) is 47.6 Å². The Morgan fingerprint density at radius 1 is 1.02 bits per heavy atom. The summed E-state index contributed by atoms with van der Waals surface area (Å²) in [4.78, 5) is 0. The van der Waals surface area contributed by atoms with Gasteiger partial charge in [0.1, 0.15) is 18.7 Å². The summed E-state index contributed by atoms with van der Waals surface area (Å²) < 4.78 is 41.9. The van der Waals surface area contributed by atoms with Crippen LogP contribution in [0.4, 0.5) is 13.2 Å². The number of aliphatic hydroxyl groups is 1. The monoisotopic (exact) mass is 727 g/mol. The predicted octanol–water partition coefficient (Wildman–Crippen LogP) is 0.719. The van der Waals surface area contributed by atoms with Crippen LogP contribution < -0.4 is 38.5 Å². The molecule has 0 amide bonds. The smallest absolute Gasteiger partial charge is 0.416 e. The largest absolute Gasteiger partial charge is 1.00 e. The second-order valence-electron chi connectivity index (χ2n) is 11.9. The minimum absolute atomic E-state index is 0. The van der Waals surface area contributed by atoms with E-state index >= 15 is 0 Å². The third-order valence-corrected chi connectivity index (χ3v) is 9.57. The van der Waals surface area contributed by atoms with Crippen LogP contribution in [0, 0.1) is 23.2 Å². The number of nitrogens with zero attached hydrogens (tertiary/aromatic N) is 3. The predicted molar refractivity (Wildman–Crippen MR) is 155 cm³/mol. The van der Waals surface area contributed by atoms with E-state index in [1.54, 1.807) is 0 Å². The summed E-state index contributed by atoms with van der Waals surface area (Å²) >= 11 is 0. The average molecular weight is 729 g/mol. The molecule has 3 aromatic carbocycles. The third kappa shape index (κ3) is 6.36. The second-order valence-corrected chi connectivity index (χ2v) is 11.9. The molecule has 1 aromatic heterocycles. The van der Waals surface area contributed by atoms with Crippen LogP contribution in [0.25, 0.3) is 10.9 Å². The molecular formula is C35H34Br2F3N3O. The molecule has 0 radical (unpaired) electrons. The molecule has 7 rings (SSSR count). The van der Waals surface area contributed by atoms with Gasteiger partial charge < -0.3 is 43.6 Å². The highest BCUT2D eigenvalue weighted by Crippen LogP contribution is 2.48. The second kappa shape index (κ2) is 13.5. The van der Waals surface area contributed by atoms with E-state index < -0.39 is 17.8 Å². The molecule has 4 aromatic rings. The lowest BCUT2D eigenvalue weighted by atomic mass is 9.71. The number of para-hydroxylation sites is 1. The lowest BCUT2D eigenvalue weighted by Crippen LogP contribution is -3.00. The first-order valence-corrected chi connectivity index (χ1v) is 14.4. The van der Waals surface area contributed by atoms with Crippen molar-refractivity contribution in [3.8, 4) is 6.07 Å². The maximum Gasteiger partial charge on any atom is 0.416 e. The molecule has 1 N–H and O–H groups in total. The Bertz CT molecular complexity index is 1670. The Hall–Kier alpha value is -3.03. The van der Waals surface area contributed by atoms with Crippen molar-refractivity contribution in [1.82, 2.24) is 0 Å². The van der Waals surface area contributed by atoms with Crippen LogP contribution in [0.15, 0.2) is 97.7 Å². The van der Waals surface area contributed by atoms with Crippen LogP contribution in [0.2, 0.25) is 0 Å². The molecule has 9 heteroatoms. The highest BCUT2D eigenvalue weighted by Gasteiger charge is 2.54. The molecule has 5 atom stereocenters. The number of aliphatic hydroxyl groups excluding tert-OH is 1. The summed E-state index contributed by atoms with van der Waals surface area (Å²) in [5.41, 5.74) is 3.55. The Labute approximate surface area is 277 Å². The molecule has 4 nitrogen and oxygen atoms in total.